The van der Waals surface area contributed by atoms with Crippen molar-refractivity contribution in [1.82, 2.24) is 14.7 Å². The van der Waals surface area contributed by atoms with E-state index in [1.807, 2.05) is 0 Å². The number of carboxylic acids is 1. The number of alkyl halides is 2. The third-order valence-corrected chi connectivity index (χ3v) is 3.62. The number of rotatable bonds is 5. The molecule has 1 aromatic heterocycles. The lowest BCUT2D eigenvalue weighted by atomic mass is 10.1. The molecule has 1 saturated heterocycles. The summed E-state index contributed by atoms with van der Waals surface area (Å²) >= 11 is 0. The molecule has 1 atom stereocenters. The molecule has 6 nitrogen and oxygen atoms in total. The van der Waals surface area contributed by atoms with Crippen LogP contribution in [-0.4, -0.2) is 44.3 Å². The second-order valence-electron chi connectivity index (χ2n) is 5.13. The van der Waals surface area contributed by atoms with Crippen LogP contribution >= 0.6 is 0 Å². The zero-order chi connectivity index (χ0) is 15.6. The van der Waals surface area contributed by atoms with Crippen LogP contribution < -0.4 is 0 Å². The van der Waals surface area contributed by atoms with E-state index >= 15 is 0 Å². The van der Waals surface area contributed by atoms with E-state index in [-0.39, 0.29) is 18.0 Å². The van der Waals surface area contributed by atoms with Crippen molar-refractivity contribution in [1.29, 1.82) is 0 Å². The molecule has 0 aromatic carbocycles. The van der Waals surface area contributed by atoms with Gasteiger partial charge >= 0.3 is 5.97 Å². The van der Waals surface area contributed by atoms with E-state index in [0.29, 0.717) is 19.4 Å². The van der Waals surface area contributed by atoms with Gasteiger partial charge in [-0.1, -0.05) is 0 Å². The summed E-state index contributed by atoms with van der Waals surface area (Å²) in [5.41, 5.74) is -0.624. The molecule has 2 heterocycles. The maximum Gasteiger partial charge on any atom is 0.303 e. The molecule has 1 N–H and O–H groups in total. The molecule has 0 radical (unpaired) electrons. The minimum atomic E-state index is -2.81. The topological polar surface area (TPSA) is 75.4 Å². The predicted molar refractivity (Wildman–Crippen MR) is 69.1 cm³/mol. The number of carbonyl (C=O) groups excluding carboxylic acids is 1. The van der Waals surface area contributed by atoms with Gasteiger partial charge in [0.25, 0.3) is 12.3 Å². The molecule has 8 heteroatoms. The van der Waals surface area contributed by atoms with E-state index in [1.165, 1.54) is 22.8 Å². The fraction of sp³-hybridized carbons (Fsp3) is 0.615. The minimum Gasteiger partial charge on any atom is -0.481 e. The van der Waals surface area contributed by atoms with Crippen LogP contribution in [0.25, 0.3) is 0 Å². The quantitative estimate of drug-likeness (QED) is 0.900. The molecule has 1 amide bonds. The molecule has 1 fully saturated rings. The Morgan fingerprint density at radius 3 is 2.86 bits per heavy atom. The smallest absolute Gasteiger partial charge is 0.303 e. The standard InChI is InChI=1S/C13H17F2N3O3/c1-17-7-9(11(16-17)12(14)15)13(21)18-6-2-3-8(18)4-5-10(19)20/h7-8,12H,2-6H2,1H3,(H,19,20). The number of amides is 1. The number of nitrogens with zero attached hydrogens (tertiary/aromatic N) is 3. The summed E-state index contributed by atoms with van der Waals surface area (Å²) in [5, 5.41) is 12.3. The van der Waals surface area contributed by atoms with Gasteiger partial charge in [0.05, 0.1) is 5.56 Å². The Hall–Kier alpha value is -1.99. The highest BCUT2D eigenvalue weighted by Crippen LogP contribution is 2.27. The van der Waals surface area contributed by atoms with Crippen molar-refractivity contribution in [3.63, 3.8) is 0 Å². The number of aryl methyl sites for hydroxylation is 1. The van der Waals surface area contributed by atoms with Gasteiger partial charge in [-0.05, 0) is 19.3 Å². The second kappa shape index (κ2) is 6.19. The number of carbonyl (C=O) groups is 2. The highest BCUT2D eigenvalue weighted by atomic mass is 19.3. The molecule has 0 aliphatic carbocycles. The highest BCUT2D eigenvalue weighted by Gasteiger charge is 2.33. The third-order valence-electron chi connectivity index (χ3n) is 3.62. The van der Waals surface area contributed by atoms with Crippen LogP contribution in [0.1, 0.15) is 48.2 Å². The predicted octanol–water partition coefficient (Wildman–Crippen LogP) is 1.83. The zero-order valence-corrected chi connectivity index (χ0v) is 11.6. The van der Waals surface area contributed by atoms with Gasteiger partial charge in [0.1, 0.15) is 5.69 Å². The van der Waals surface area contributed by atoms with Crippen LogP contribution in [-0.2, 0) is 11.8 Å². The summed E-state index contributed by atoms with van der Waals surface area (Å²) in [6.07, 6.45) is 0.222. The molecule has 1 aliphatic heterocycles. The molecule has 1 aromatic rings. The van der Waals surface area contributed by atoms with E-state index in [2.05, 4.69) is 5.10 Å². The van der Waals surface area contributed by atoms with Crippen LogP contribution in [0, 0.1) is 0 Å². The lowest BCUT2D eigenvalue weighted by Gasteiger charge is -2.24. The van der Waals surface area contributed by atoms with E-state index in [4.69, 9.17) is 5.11 Å². The van der Waals surface area contributed by atoms with Crippen molar-refractivity contribution >= 4 is 11.9 Å². The number of halogens is 2. The Kier molecular flexibility index (Phi) is 4.54. The number of aliphatic carboxylic acids is 1. The molecule has 21 heavy (non-hydrogen) atoms. The Bertz CT molecular complexity index is 545. The Morgan fingerprint density at radius 1 is 1.52 bits per heavy atom. The van der Waals surface area contributed by atoms with Crippen molar-refractivity contribution in [2.75, 3.05) is 6.54 Å². The summed E-state index contributed by atoms with van der Waals surface area (Å²) in [6.45, 7) is 0.459. The van der Waals surface area contributed by atoms with Crippen LogP contribution in [0.4, 0.5) is 8.78 Å². The average molecular weight is 301 g/mol. The Morgan fingerprint density at radius 2 is 2.24 bits per heavy atom. The zero-order valence-electron chi connectivity index (χ0n) is 11.6. The molecule has 2 rings (SSSR count). The van der Waals surface area contributed by atoms with Crippen molar-refractivity contribution in [2.24, 2.45) is 7.05 Å². The molecule has 0 saturated carbocycles. The van der Waals surface area contributed by atoms with Crippen LogP contribution in [0.5, 0.6) is 0 Å². The molecule has 1 unspecified atom stereocenters. The lowest BCUT2D eigenvalue weighted by Crippen LogP contribution is -2.36. The molecule has 1 aliphatic rings. The molecule has 0 spiro atoms. The number of likely N-dealkylation sites (tertiary alicyclic amines) is 1. The van der Waals surface area contributed by atoms with Gasteiger partial charge in [0.2, 0.25) is 0 Å². The van der Waals surface area contributed by atoms with E-state index in [9.17, 15) is 18.4 Å². The number of hydrogen-bond donors (Lipinski definition) is 1. The van der Waals surface area contributed by atoms with Gasteiger partial charge < -0.3 is 10.0 Å². The first-order valence-corrected chi connectivity index (χ1v) is 6.74. The second-order valence-corrected chi connectivity index (χ2v) is 5.13. The van der Waals surface area contributed by atoms with Crippen LogP contribution in [0.2, 0.25) is 0 Å². The summed E-state index contributed by atoms with van der Waals surface area (Å²) in [7, 11) is 1.48. The maximum absolute atomic E-state index is 12.9. The lowest BCUT2D eigenvalue weighted by molar-refractivity contribution is -0.137. The normalized spacial score (nSPS) is 18.5. The van der Waals surface area contributed by atoms with Gasteiger partial charge in [-0.2, -0.15) is 5.10 Å². The van der Waals surface area contributed by atoms with Crippen molar-refractivity contribution < 1.29 is 23.5 Å². The van der Waals surface area contributed by atoms with Crippen molar-refractivity contribution in [3.05, 3.63) is 17.5 Å². The fourth-order valence-corrected chi connectivity index (χ4v) is 2.68. The van der Waals surface area contributed by atoms with Crippen molar-refractivity contribution in [3.8, 4) is 0 Å². The monoisotopic (exact) mass is 301 g/mol. The average Bonchev–Trinajstić information content (AvgIpc) is 3.01. The first-order valence-electron chi connectivity index (χ1n) is 6.74. The fourth-order valence-electron chi connectivity index (χ4n) is 2.68. The summed E-state index contributed by atoms with van der Waals surface area (Å²) in [6, 6.07) is -0.209. The number of carboxylic acid groups (broad SMARTS) is 1. The van der Waals surface area contributed by atoms with Gasteiger partial charge in [0, 0.05) is 32.3 Å². The summed E-state index contributed by atoms with van der Waals surface area (Å²) < 4.78 is 27.0. The molecular weight excluding hydrogens is 284 g/mol. The molecule has 116 valence electrons. The first-order chi connectivity index (χ1) is 9.90. The summed E-state index contributed by atoms with van der Waals surface area (Å²) in [5.74, 6) is -1.42. The van der Waals surface area contributed by atoms with E-state index < -0.39 is 24.0 Å². The van der Waals surface area contributed by atoms with E-state index in [1.54, 1.807) is 0 Å². The van der Waals surface area contributed by atoms with E-state index in [0.717, 1.165) is 6.42 Å². The molecule has 0 bridgehead atoms. The number of aromatic nitrogens is 2. The third kappa shape index (κ3) is 3.37. The highest BCUT2D eigenvalue weighted by molar-refractivity contribution is 5.95. The SMILES string of the molecule is Cn1cc(C(=O)N2CCCC2CCC(=O)O)c(C(F)F)n1. The van der Waals surface area contributed by atoms with Gasteiger partial charge in [-0.25, -0.2) is 8.78 Å². The number of hydrogen-bond acceptors (Lipinski definition) is 3. The Labute approximate surface area is 120 Å². The largest absolute Gasteiger partial charge is 0.481 e. The first kappa shape index (κ1) is 15.4. The van der Waals surface area contributed by atoms with Crippen molar-refractivity contribution in [2.45, 2.75) is 38.2 Å². The molecular formula is C13H17F2N3O3. The maximum atomic E-state index is 12.9. The minimum absolute atomic E-state index is 0.0385. The van der Waals surface area contributed by atoms with Gasteiger partial charge in [-0.15, -0.1) is 0 Å². The van der Waals surface area contributed by atoms with Gasteiger partial charge in [0.15, 0.2) is 0 Å². The van der Waals surface area contributed by atoms with Crippen LogP contribution in [0.15, 0.2) is 6.20 Å². The summed E-state index contributed by atoms with van der Waals surface area (Å²) in [4.78, 5) is 24.6. The van der Waals surface area contributed by atoms with Gasteiger partial charge in [-0.3, -0.25) is 14.3 Å². The Balaban J connectivity index is 2.17. The van der Waals surface area contributed by atoms with Crippen LogP contribution in [0.3, 0.4) is 0 Å².